The van der Waals surface area contributed by atoms with Crippen LogP contribution in [0.15, 0.2) is 60.8 Å². The van der Waals surface area contributed by atoms with Gasteiger partial charge in [-0.25, -0.2) is 0 Å². The third-order valence-electron chi connectivity index (χ3n) is 3.17. The molecule has 0 aliphatic rings. The number of para-hydroxylation sites is 1. The fourth-order valence-electron chi connectivity index (χ4n) is 2.32. The molecule has 2 aromatic carbocycles. The number of aromatic nitrogens is 1. The van der Waals surface area contributed by atoms with Crippen molar-refractivity contribution in [1.82, 2.24) is 4.57 Å². The van der Waals surface area contributed by atoms with Gasteiger partial charge in [-0.15, -0.1) is 13.2 Å². The molecule has 1 heterocycles. The Morgan fingerprint density at radius 2 is 1.76 bits per heavy atom. The van der Waals surface area contributed by atoms with Crippen LogP contribution in [0.25, 0.3) is 10.9 Å². The number of rotatable bonds is 3. The molecule has 0 bridgehead atoms. The molecule has 3 aromatic rings. The summed E-state index contributed by atoms with van der Waals surface area (Å²) in [6, 6.07) is 15.9. The largest absolute Gasteiger partial charge is 0.573 e. The van der Waals surface area contributed by atoms with Gasteiger partial charge in [0.15, 0.2) is 0 Å². The predicted molar refractivity (Wildman–Crippen MR) is 74.2 cm³/mol. The molecule has 21 heavy (non-hydrogen) atoms. The van der Waals surface area contributed by atoms with Crippen LogP contribution in [0.3, 0.4) is 0 Å². The first-order valence-electron chi connectivity index (χ1n) is 6.40. The molecule has 108 valence electrons. The molecule has 0 saturated carbocycles. The Morgan fingerprint density at radius 1 is 0.952 bits per heavy atom. The Morgan fingerprint density at radius 3 is 2.57 bits per heavy atom. The van der Waals surface area contributed by atoms with Crippen LogP contribution in [0, 0.1) is 0 Å². The van der Waals surface area contributed by atoms with E-state index in [0.29, 0.717) is 6.54 Å². The van der Waals surface area contributed by atoms with Crippen molar-refractivity contribution in [1.29, 1.82) is 0 Å². The van der Waals surface area contributed by atoms with E-state index in [2.05, 4.69) is 4.74 Å². The summed E-state index contributed by atoms with van der Waals surface area (Å²) in [6.45, 7) is 0.489. The number of hydrogen-bond donors (Lipinski definition) is 0. The van der Waals surface area contributed by atoms with Crippen LogP contribution >= 0.6 is 0 Å². The smallest absolute Gasteiger partial charge is 0.406 e. The molecule has 3 rings (SSSR count). The highest BCUT2D eigenvalue weighted by Gasteiger charge is 2.31. The molecule has 2 nitrogen and oxygen atoms in total. The molecule has 0 saturated heterocycles. The SMILES string of the molecule is FC(F)(F)Oc1cccc(Cn2ccc3ccccc32)c1. The van der Waals surface area contributed by atoms with E-state index in [-0.39, 0.29) is 5.75 Å². The van der Waals surface area contributed by atoms with Gasteiger partial charge in [-0.05, 0) is 35.2 Å². The van der Waals surface area contributed by atoms with Crippen LogP contribution in [0.2, 0.25) is 0 Å². The Hall–Kier alpha value is -2.43. The molecule has 1 aromatic heterocycles. The highest BCUT2D eigenvalue weighted by molar-refractivity contribution is 5.80. The van der Waals surface area contributed by atoms with Crippen molar-refractivity contribution in [3.05, 3.63) is 66.4 Å². The fourth-order valence-corrected chi connectivity index (χ4v) is 2.32. The van der Waals surface area contributed by atoms with Gasteiger partial charge in [0.1, 0.15) is 5.75 Å². The maximum absolute atomic E-state index is 12.2. The van der Waals surface area contributed by atoms with Gasteiger partial charge >= 0.3 is 6.36 Å². The van der Waals surface area contributed by atoms with Crippen molar-refractivity contribution >= 4 is 10.9 Å². The lowest BCUT2D eigenvalue weighted by Gasteiger charge is -2.11. The van der Waals surface area contributed by atoms with Crippen molar-refractivity contribution < 1.29 is 17.9 Å². The third-order valence-corrected chi connectivity index (χ3v) is 3.17. The van der Waals surface area contributed by atoms with Crippen LogP contribution in [0.5, 0.6) is 5.75 Å². The van der Waals surface area contributed by atoms with Gasteiger partial charge in [-0.2, -0.15) is 0 Å². The molecule has 0 N–H and O–H groups in total. The van der Waals surface area contributed by atoms with Gasteiger partial charge in [0, 0.05) is 18.3 Å². The van der Waals surface area contributed by atoms with Crippen LogP contribution in [0.4, 0.5) is 13.2 Å². The average Bonchev–Trinajstić information content (AvgIpc) is 2.81. The second kappa shape index (κ2) is 5.16. The molecule has 0 aliphatic carbocycles. The number of alkyl halides is 3. The monoisotopic (exact) mass is 291 g/mol. The lowest BCUT2D eigenvalue weighted by Crippen LogP contribution is -2.17. The standard InChI is InChI=1S/C16H12F3NO/c17-16(18,19)21-14-6-3-4-12(10-14)11-20-9-8-13-5-1-2-7-15(13)20/h1-10H,11H2. The number of halogens is 3. The number of ether oxygens (including phenoxy) is 1. The Kier molecular flexibility index (Phi) is 3.33. The van der Waals surface area contributed by atoms with Gasteiger partial charge in [0.2, 0.25) is 0 Å². The first kappa shape index (κ1) is 13.5. The highest BCUT2D eigenvalue weighted by Crippen LogP contribution is 2.24. The molecule has 0 spiro atoms. The summed E-state index contributed by atoms with van der Waals surface area (Å²) in [5, 5.41) is 1.10. The second-order valence-electron chi connectivity index (χ2n) is 4.70. The zero-order valence-electron chi connectivity index (χ0n) is 11.0. The lowest BCUT2D eigenvalue weighted by molar-refractivity contribution is -0.274. The van der Waals surface area contributed by atoms with Crippen molar-refractivity contribution in [2.24, 2.45) is 0 Å². The lowest BCUT2D eigenvalue weighted by atomic mass is 10.2. The van der Waals surface area contributed by atoms with Crippen LogP contribution in [-0.2, 0) is 6.54 Å². The van der Waals surface area contributed by atoms with Crippen LogP contribution < -0.4 is 4.74 Å². The minimum absolute atomic E-state index is 0.198. The topological polar surface area (TPSA) is 14.2 Å². The van der Waals surface area contributed by atoms with Gasteiger partial charge in [-0.3, -0.25) is 0 Å². The molecule has 5 heteroatoms. The third kappa shape index (κ3) is 3.18. The summed E-state index contributed by atoms with van der Waals surface area (Å²) in [7, 11) is 0. The van der Waals surface area contributed by atoms with E-state index in [9.17, 15) is 13.2 Å². The van der Waals surface area contributed by atoms with Crippen molar-refractivity contribution in [2.75, 3.05) is 0 Å². The summed E-state index contributed by atoms with van der Waals surface area (Å²) < 4.78 is 42.6. The number of hydrogen-bond acceptors (Lipinski definition) is 1. The second-order valence-corrected chi connectivity index (χ2v) is 4.70. The minimum atomic E-state index is -4.67. The van der Waals surface area contributed by atoms with E-state index < -0.39 is 6.36 Å². The summed E-state index contributed by atoms with van der Waals surface area (Å²) in [6.07, 6.45) is -2.75. The number of nitrogens with zero attached hydrogens (tertiary/aromatic N) is 1. The quantitative estimate of drug-likeness (QED) is 0.688. The van der Waals surface area contributed by atoms with Gasteiger partial charge in [-0.1, -0.05) is 30.3 Å². The molecule has 0 atom stereocenters. The normalized spacial score (nSPS) is 11.8. The molecule has 0 amide bonds. The summed E-state index contributed by atoms with van der Waals surface area (Å²) in [5.74, 6) is -0.198. The first-order valence-corrected chi connectivity index (χ1v) is 6.40. The van der Waals surface area contributed by atoms with E-state index >= 15 is 0 Å². The average molecular weight is 291 g/mol. The summed E-state index contributed by atoms with van der Waals surface area (Å²) in [5.41, 5.74) is 1.79. The van der Waals surface area contributed by atoms with Crippen molar-refractivity contribution in [2.45, 2.75) is 12.9 Å². The fraction of sp³-hybridized carbons (Fsp3) is 0.125. The molecular formula is C16H12F3NO. The Bertz CT molecular complexity index is 761. The van der Waals surface area contributed by atoms with Gasteiger partial charge in [0.05, 0.1) is 0 Å². The van der Waals surface area contributed by atoms with Crippen molar-refractivity contribution in [3.63, 3.8) is 0 Å². The molecular weight excluding hydrogens is 279 g/mol. The van der Waals surface area contributed by atoms with E-state index in [0.717, 1.165) is 16.5 Å². The zero-order chi connectivity index (χ0) is 14.9. The van der Waals surface area contributed by atoms with E-state index in [4.69, 9.17) is 0 Å². The van der Waals surface area contributed by atoms with Crippen LogP contribution in [-0.4, -0.2) is 10.9 Å². The Labute approximate surface area is 119 Å². The molecule has 0 unspecified atom stereocenters. The predicted octanol–water partition coefficient (Wildman–Crippen LogP) is 4.59. The molecule has 0 radical (unpaired) electrons. The number of fused-ring (bicyclic) bond motifs is 1. The summed E-state index contributed by atoms with van der Waals surface area (Å²) >= 11 is 0. The summed E-state index contributed by atoms with van der Waals surface area (Å²) in [4.78, 5) is 0. The Balaban J connectivity index is 1.86. The first-order chi connectivity index (χ1) is 10.0. The maximum atomic E-state index is 12.2. The highest BCUT2D eigenvalue weighted by atomic mass is 19.4. The molecule has 0 aliphatic heterocycles. The maximum Gasteiger partial charge on any atom is 0.573 e. The van der Waals surface area contributed by atoms with Crippen molar-refractivity contribution in [3.8, 4) is 5.75 Å². The van der Waals surface area contributed by atoms with E-state index in [1.165, 1.54) is 12.1 Å². The van der Waals surface area contributed by atoms with Crippen LogP contribution in [0.1, 0.15) is 5.56 Å². The van der Waals surface area contributed by atoms with E-state index in [1.807, 2.05) is 41.1 Å². The molecule has 0 fully saturated rings. The number of benzene rings is 2. The van der Waals surface area contributed by atoms with E-state index in [1.54, 1.807) is 12.1 Å². The van der Waals surface area contributed by atoms with Gasteiger partial charge in [0.25, 0.3) is 0 Å². The minimum Gasteiger partial charge on any atom is -0.406 e. The van der Waals surface area contributed by atoms with Gasteiger partial charge < -0.3 is 9.30 Å². The zero-order valence-corrected chi connectivity index (χ0v) is 11.0.